The molecule has 8 nitrogen and oxygen atoms in total. The second kappa shape index (κ2) is 9.63. The summed E-state index contributed by atoms with van der Waals surface area (Å²) < 4.78 is 12.4. The van der Waals surface area contributed by atoms with Crippen LogP contribution in [-0.4, -0.2) is 47.6 Å². The number of furan rings is 1. The van der Waals surface area contributed by atoms with E-state index in [9.17, 15) is 14.9 Å². The predicted octanol–water partition coefficient (Wildman–Crippen LogP) is 2.83. The molecule has 1 saturated heterocycles. The number of nitriles is 1. The topological polar surface area (TPSA) is 101 Å². The minimum atomic E-state index is -0.181. The zero-order valence-electron chi connectivity index (χ0n) is 17.7. The molecule has 1 N–H and O–H groups in total. The quantitative estimate of drug-likeness (QED) is 0.702. The number of hydrogen-bond donors (Lipinski definition) is 1. The monoisotopic (exact) mass is 412 g/mol. The van der Waals surface area contributed by atoms with Crippen LogP contribution in [0.15, 0.2) is 22.8 Å². The first-order valence-electron chi connectivity index (χ1n) is 10.3. The highest BCUT2D eigenvalue weighted by Gasteiger charge is 2.27. The van der Waals surface area contributed by atoms with E-state index < -0.39 is 0 Å². The van der Waals surface area contributed by atoms with Gasteiger partial charge in [0.1, 0.15) is 17.6 Å². The molecule has 1 fully saturated rings. The SMILES string of the molecule is CCOC(=O)C1CCN(CC(=O)Nc2c(C#N)c(C)c(C)n2Cc2ccco2)CC1. The Balaban J connectivity index is 1.66. The third-order valence-electron chi connectivity index (χ3n) is 5.67. The van der Waals surface area contributed by atoms with Gasteiger partial charge in [-0.2, -0.15) is 5.26 Å². The second-order valence-corrected chi connectivity index (χ2v) is 7.56. The highest BCUT2D eigenvalue weighted by atomic mass is 16.5. The lowest BCUT2D eigenvalue weighted by molar-refractivity contribution is -0.149. The molecular weight excluding hydrogens is 384 g/mol. The fourth-order valence-electron chi connectivity index (χ4n) is 3.85. The van der Waals surface area contributed by atoms with E-state index in [-0.39, 0.29) is 24.3 Å². The summed E-state index contributed by atoms with van der Waals surface area (Å²) in [5.74, 6) is 0.816. The lowest BCUT2D eigenvalue weighted by atomic mass is 9.97. The lowest BCUT2D eigenvalue weighted by Gasteiger charge is -2.30. The maximum Gasteiger partial charge on any atom is 0.309 e. The van der Waals surface area contributed by atoms with Gasteiger partial charge in [0.2, 0.25) is 5.91 Å². The number of nitrogens with zero attached hydrogens (tertiary/aromatic N) is 3. The number of likely N-dealkylation sites (tertiary alicyclic amines) is 1. The number of carbonyl (C=O) groups excluding carboxylic acids is 2. The Morgan fingerprint density at radius 3 is 2.67 bits per heavy atom. The molecule has 2 aromatic rings. The number of ether oxygens (including phenoxy) is 1. The normalized spacial score (nSPS) is 15.0. The van der Waals surface area contributed by atoms with Crippen molar-refractivity contribution in [2.75, 3.05) is 31.6 Å². The third kappa shape index (κ3) is 4.74. The first-order valence-corrected chi connectivity index (χ1v) is 10.3. The van der Waals surface area contributed by atoms with Crippen molar-refractivity contribution in [2.24, 2.45) is 5.92 Å². The van der Waals surface area contributed by atoms with Crippen molar-refractivity contribution in [3.05, 3.63) is 41.0 Å². The number of amides is 1. The maximum absolute atomic E-state index is 12.8. The van der Waals surface area contributed by atoms with Gasteiger partial charge < -0.3 is 19.0 Å². The number of rotatable bonds is 7. The van der Waals surface area contributed by atoms with Gasteiger partial charge in [0.25, 0.3) is 0 Å². The molecular formula is C22H28N4O4. The Morgan fingerprint density at radius 2 is 2.07 bits per heavy atom. The van der Waals surface area contributed by atoms with Gasteiger partial charge in [-0.15, -0.1) is 0 Å². The first-order chi connectivity index (χ1) is 14.4. The summed E-state index contributed by atoms with van der Waals surface area (Å²) in [4.78, 5) is 26.7. The van der Waals surface area contributed by atoms with Crippen LogP contribution in [0, 0.1) is 31.1 Å². The van der Waals surface area contributed by atoms with E-state index in [2.05, 4.69) is 11.4 Å². The molecule has 3 heterocycles. The van der Waals surface area contributed by atoms with Crippen LogP contribution in [-0.2, 0) is 20.9 Å². The summed E-state index contributed by atoms with van der Waals surface area (Å²) in [7, 11) is 0. The number of carbonyl (C=O) groups is 2. The molecule has 0 radical (unpaired) electrons. The lowest BCUT2D eigenvalue weighted by Crippen LogP contribution is -2.41. The third-order valence-corrected chi connectivity index (χ3v) is 5.67. The van der Waals surface area contributed by atoms with E-state index >= 15 is 0 Å². The van der Waals surface area contributed by atoms with Crippen molar-refractivity contribution < 1.29 is 18.7 Å². The van der Waals surface area contributed by atoms with Crippen molar-refractivity contribution in [1.82, 2.24) is 9.47 Å². The van der Waals surface area contributed by atoms with Crippen LogP contribution in [0.2, 0.25) is 0 Å². The van der Waals surface area contributed by atoms with Crippen molar-refractivity contribution >= 4 is 17.7 Å². The number of anilines is 1. The van der Waals surface area contributed by atoms with Crippen LogP contribution in [0.1, 0.15) is 42.3 Å². The van der Waals surface area contributed by atoms with Crippen LogP contribution in [0.5, 0.6) is 0 Å². The highest BCUT2D eigenvalue weighted by Crippen LogP contribution is 2.27. The maximum atomic E-state index is 12.8. The largest absolute Gasteiger partial charge is 0.467 e. The van der Waals surface area contributed by atoms with Gasteiger partial charge in [-0.05, 0) is 64.4 Å². The zero-order chi connectivity index (χ0) is 21.7. The second-order valence-electron chi connectivity index (χ2n) is 7.56. The molecule has 3 rings (SSSR count). The van der Waals surface area contributed by atoms with Gasteiger partial charge in [-0.25, -0.2) is 0 Å². The standard InChI is InChI=1S/C22H28N4O4/c1-4-29-22(28)17-7-9-25(10-8-17)14-20(27)24-21-19(12-23)15(2)16(3)26(21)13-18-6-5-11-30-18/h5-6,11,17H,4,7-10,13-14H2,1-3H3,(H,24,27). The van der Waals surface area contributed by atoms with E-state index in [1.807, 2.05) is 35.4 Å². The summed E-state index contributed by atoms with van der Waals surface area (Å²) in [5, 5.41) is 12.6. The van der Waals surface area contributed by atoms with Gasteiger partial charge in [0.05, 0.1) is 37.4 Å². The molecule has 1 amide bonds. The smallest absolute Gasteiger partial charge is 0.309 e. The fraction of sp³-hybridized carbons (Fsp3) is 0.500. The summed E-state index contributed by atoms with van der Waals surface area (Å²) in [6.45, 7) is 7.96. The number of nitrogens with one attached hydrogen (secondary N) is 1. The molecule has 0 aliphatic carbocycles. The molecule has 0 aromatic carbocycles. The Morgan fingerprint density at radius 1 is 1.33 bits per heavy atom. The van der Waals surface area contributed by atoms with E-state index in [4.69, 9.17) is 9.15 Å². The van der Waals surface area contributed by atoms with Crippen LogP contribution in [0.3, 0.4) is 0 Å². The minimum Gasteiger partial charge on any atom is -0.467 e. The summed E-state index contributed by atoms with van der Waals surface area (Å²) in [5.41, 5.74) is 2.22. The molecule has 30 heavy (non-hydrogen) atoms. The van der Waals surface area contributed by atoms with Gasteiger partial charge in [-0.3, -0.25) is 14.5 Å². The Bertz CT molecular complexity index is 931. The average Bonchev–Trinajstić information content (AvgIpc) is 3.32. The Labute approximate surface area is 176 Å². The summed E-state index contributed by atoms with van der Waals surface area (Å²) in [6.07, 6.45) is 2.97. The van der Waals surface area contributed by atoms with Crippen LogP contribution < -0.4 is 5.32 Å². The van der Waals surface area contributed by atoms with E-state index in [1.165, 1.54) is 0 Å². The predicted molar refractivity (Wildman–Crippen MR) is 111 cm³/mol. The van der Waals surface area contributed by atoms with E-state index in [1.54, 1.807) is 13.2 Å². The summed E-state index contributed by atoms with van der Waals surface area (Å²) >= 11 is 0. The van der Waals surface area contributed by atoms with Crippen molar-refractivity contribution in [3.8, 4) is 6.07 Å². The van der Waals surface area contributed by atoms with E-state index in [0.717, 1.165) is 17.0 Å². The first kappa shape index (κ1) is 21.7. The molecule has 0 bridgehead atoms. The number of esters is 1. The fourth-order valence-corrected chi connectivity index (χ4v) is 3.85. The van der Waals surface area contributed by atoms with Gasteiger partial charge in [0, 0.05) is 5.69 Å². The Kier molecular flexibility index (Phi) is 6.95. The molecule has 8 heteroatoms. The molecule has 0 spiro atoms. The van der Waals surface area contributed by atoms with Crippen molar-refractivity contribution in [1.29, 1.82) is 5.26 Å². The number of piperidine rings is 1. The van der Waals surface area contributed by atoms with Gasteiger partial charge in [-0.1, -0.05) is 0 Å². The van der Waals surface area contributed by atoms with Crippen molar-refractivity contribution in [2.45, 2.75) is 40.2 Å². The van der Waals surface area contributed by atoms with Crippen LogP contribution in [0.4, 0.5) is 5.82 Å². The van der Waals surface area contributed by atoms with Gasteiger partial charge >= 0.3 is 5.97 Å². The molecule has 0 atom stereocenters. The van der Waals surface area contributed by atoms with Gasteiger partial charge in [0.15, 0.2) is 0 Å². The molecule has 1 aliphatic heterocycles. The Hall–Kier alpha value is -3.05. The number of hydrogen-bond acceptors (Lipinski definition) is 6. The van der Waals surface area contributed by atoms with Crippen LogP contribution >= 0.6 is 0 Å². The molecule has 160 valence electrons. The molecule has 1 aliphatic rings. The zero-order valence-corrected chi connectivity index (χ0v) is 17.7. The number of aromatic nitrogens is 1. The van der Waals surface area contributed by atoms with E-state index in [0.29, 0.717) is 50.5 Å². The molecule has 0 saturated carbocycles. The van der Waals surface area contributed by atoms with Crippen LogP contribution in [0.25, 0.3) is 0 Å². The average molecular weight is 412 g/mol. The van der Waals surface area contributed by atoms with Crippen molar-refractivity contribution in [3.63, 3.8) is 0 Å². The molecule has 2 aromatic heterocycles. The molecule has 0 unspecified atom stereocenters. The summed E-state index contributed by atoms with van der Waals surface area (Å²) in [6, 6.07) is 5.88. The highest BCUT2D eigenvalue weighted by molar-refractivity contribution is 5.93. The minimum absolute atomic E-state index is 0.0923.